The molecule has 1 aromatic rings. The summed E-state index contributed by atoms with van der Waals surface area (Å²) in [5.41, 5.74) is 0.139. The highest BCUT2D eigenvalue weighted by Crippen LogP contribution is 2.40. The minimum Gasteiger partial charge on any atom is -0.445 e. The van der Waals surface area contributed by atoms with Gasteiger partial charge in [0.15, 0.2) is 0 Å². The van der Waals surface area contributed by atoms with Gasteiger partial charge in [-0.15, -0.1) is 0 Å². The third-order valence-electron chi connectivity index (χ3n) is 5.97. The van der Waals surface area contributed by atoms with Gasteiger partial charge in [-0.1, -0.05) is 30.7 Å². The first-order valence-corrected chi connectivity index (χ1v) is 10.3. The fourth-order valence-corrected chi connectivity index (χ4v) is 4.18. The molecule has 3 fully saturated rings. The highest BCUT2D eigenvalue weighted by Gasteiger charge is 2.51. The lowest BCUT2D eigenvalue weighted by Crippen LogP contribution is -2.61. The van der Waals surface area contributed by atoms with Crippen molar-refractivity contribution in [2.24, 2.45) is 0 Å². The number of piperidine rings is 1. The van der Waals surface area contributed by atoms with Crippen molar-refractivity contribution in [2.45, 2.75) is 69.6 Å². The smallest absolute Gasteiger partial charge is 0.308 e. The summed E-state index contributed by atoms with van der Waals surface area (Å²) in [6.45, 7) is 3.00. The van der Waals surface area contributed by atoms with E-state index in [1.807, 2.05) is 17.0 Å². The third-order valence-corrected chi connectivity index (χ3v) is 5.97. The number of rotatable bonds is 4. The average molecular weight is 385 g/mol. The fraction of sp³-hybridized carbons (Fsp3) is 0.591. The maximum absolute atomic E-state index is 13.5. The van der Waals surface area contributed by atoms with Crippen LogP contribution < -0.4 is 0 Å². The van der Waals surface area contributed by atoms with E-state index in [1.165, 1.54) is 18.4 Å². The average Bonchev–Trinajstić information content (AvgIpc) is 3.55. The van der Waals surface area contributed by atoms with Crippen molar-refractivity contribution in [2.75, 3.05) is 13.1 Å². The number of likely N-dealkylation sites (tertiary alicyclic amines) is 1. The zero-order chi connectivity index (χ0) is 19.7. The quantitative estimate of drug-likeness (QED) is 0.585. The Balaban J connectivity index is 1.66. The first kappa shape index (κ1) is 19.1. The van der Waals surface area contributed by atoms with Gasteiger partial charge in [-0.3, -0.25) is 19.3 Å². The molecular weight excluding hydrogens is 358 g/mol. The van der Waals surface area contributed by atoms with E-state index < -0.39 is 23.8 Å². The Hall–Kier alpha value is -2.21. The lowest BCUT2D eigenvalue weighted by atomic mass is 9.89. The number of cyclic esters (lactones) is 2. The van der Waals surface area contributed by atoms with E-state index in [1.54, 1.807) is 19.1 Å². The highest BCUT2D eigenvalue weighted by molar-refractivity contribution is 6.04. The van der Waals surface area contributed by atoms with E-state index in [2.05, 4.69) is 0 Å². The molecule has 0 N–H and O–H groups in total. The van der Waals surface area contributed by atoms with Crippen LogP contribution in [0.5, 0.6) is 0 Å². The molecular formula is C22H27NO5. The number of Topliss-reactive ketones (excluding diaryl/α,β-unsaturated/α-hetero) is 1. The molecule has 6 heteroatoms. The summed E-state index contributed by atoms with van der Waals surface area (Å²) in [5, 5.41) is 0. The Morgan fingerprint density at radius 3 is 2.29 bits per heavy atom. The number of ether oxygens (including phenoxy) is 2. The lowest BCUT2D eigenvalue weighted by Gasteiger charge is -2.43. The van der Waals surface area contributed by atoms with Crippen molar-refractivity contribution in [1.82, 2.24) is 4.90 Å². The summed E-state index contributed by atoms with van der Waals surface area (Å²) in [4.78, 5) is 40.0. The van der Waals surface area contributed by atoms with E-state index in [0.29, 0.717) is 24.6 Å². The van der Waals surface area contributed by atoms with Gasteiger partial charge in [-0.05, 0) is 44.1 Å². The monoisotopic (exact) mass is 385 g/mol. The predicted octanol–water partition coefficient (Wildman–Crippen LogP) is 3.20. The molecule has 0 spiro atoms. The Labute approximate surface area is 165 Å². The Bertz CT molecular complexity index is 764. The Kier molecular flexibility index (Phi) is 5.23. The van der Waals surface area contributed by atoms with Gasteiger partial charge in [0.05, 0.1) is 12.8 Å². The summed E-state index contributed by atoms with van der Waals surface area (Å²) >= 11 is 0. The van der Waals surface area contributed by atoms with Crippen molar-refractivity contribution < 1.29 is 23.9 Å². The zero-order valence-corrected chi connectivity index (χ0v) is 16.3. The van der Waals surface area contributed by atoms with Crippen molar-refractivity contribution in [3.05, 3.63) is 35.4 Å². The number of hydrogen-bond donors (Lipinski definition) is 0. The molecule has 0 bridgehead atoms. The number of nitrogens with zero attached hydrogens (tertiary/aromatic N) is 1. The van der Waals surface area contributed by atoms with Gasteiger partial charge in [-0.2, -0.15) is 0 Å². The Morgan fingerprint density at radius 1 is 1.00 bits per heavy atom. The summed E-state index contributed by atoms with van der Waals surface area (Å²) in [7, 11) is 0. The van der Waals surface area contributed by atoms with Crippen LogP contribution >= 0.6 is 0 Å². The minimum absolute atomic E-state index is 0.0243. The normalized spacial score (nSPS) is 29.4. The van der Waals surface area contributed by atoms with Crippen LogP contribution in [0, 0.1) is 0 Å². The maximum atomic E-state index is 13.5. The number of carbonyl (C=O) groups is 3. The van der Waals surface area contributed by atoms with Gasteiger partial charge < -0.3 is 9.47 Å². The third kappa shape index (κ3) is 3.83. The molecule has 0 amide bonds. The van der Waals surface area contributed by atoms with Crippen LogP contribution in [0.3, 0.4) is 0 Å². The maximum Gasteiger partial charge on any atom is 0.308 e. The largest absolute Gasteiger partial charge is 0.445 e. The number of benzene rings is 1. The van der Waals surface area contributed by atoms with Gasteiger partial charge in [0.1, 0.15) is 0 Å². The van der Waals surface area contributed by atoms with Crippen molar-refractivity contribution >= 4 is 17.7 Å². The molecule has 2 unspecified atom stereocenters. The van der Waals surface area contributed by atoms with E-state index in [-0.39, 0.29) is 18.6 Å². The van der Waals surface area contributed by atoms with Crippen LogP contribution in [-0.2, 0) is 19.1 Å². The molecule has 0 radical (unpaired) electrons. The fourth-order valence-electron chi connectivity index (χ4n) is 4.18. The molecule has 2 aliphatic heterocycles. The first-order valence-electron chi connectivity index (χ1n) is 10.3. The molecule has 28 heavy (non-hydrogen) atoms. The van der Waals surface area contributed by atoms with E-state index >= 15 is 0 Å². The second-order valence-electron chi connectivity index (χ2n) is 8.25. The lowest BCUT2D eigenvalue weighted by molar-refractivity contribution is -0.204. The highest BCUT2D eigenvalue weighted by atomic mass is 16.6. The summed E-state index contributed by atoms with van der Waals surface area (Å²) in [6, 6.07) is 7.54. The van der Waals surface area contributed by atoms with Gasteiger partial charge in [0.2, 0.25) is 17.6 Å². The van der Waals surface area contributed by atoms with E-state index in [9.17, 15) is 14.4 Å². The van der Waals surface area contributed by atoms with Crippen LogP contribution in [0.2, 0.25) is 0 Å². The molecule has 6 nitrogen and oxygen atoms in total. The van der Waals surface area contributed by atoms with E-state index in [0.717, 1.165) is 19.3 Å². The predicted molar refractivity (Wildman–Crippen MR) is 102 cm³/mol. The van der Waals surface area contributed by atoms with E-state index in [4.69, 9.17) is 9.47 Å². The number of hydrogen-bond acceptors (Lipinski definition) is 6. The molecule has 3 aliphatic rings. The second-order valence-corrected chi connectivity index (χ2v) is 8.25. The van der Waals surface area contributed by atoms with Crippen LogP contribution in [0.25, 0.3) is 0 Å². The standard InChI is InChI=1S/C22H27NO5/c1-22(20(26)17-9-7-16(8-10-17)15-5-6-15)21(23-13-3-2-4-14-23)27-18(24)11-12-19(25)28-22/h7-10,15,21H,2-6,11-14H2,1H3. The molecule has 2 atom stereocenters. The summed E-state index contributed by atoms with van der Waals surface area (Å²) in [6.07, 6.45) is 4.40. The zero-order valence-electron chi connectivity index (χ0n) is 16.3. The van der Waals surface area contributed by atoms with Gasteiger partial charge >= 0.3 is 11.9 Å². The number of ketones is 1. The molecule has 1 aliphatic carbocycles. The summed E-state index contributed by atoms with van der Waals surface area (Å²) < 4.78 is 11.4. The molecule has 0 aromatic heterocycles. The minimum atomic E-state index is -1.56. The van der Waals surface area contributed by atoms with Crippen LogP contribution in [0.1, 0.15) is 73.7 Å². The van der Waals surface area contributed by atoms with Gasteiger partial charge in [0.25, 0.3) is 0 Å². The topological polar surface area (TPSA) is 72.9 Å². The molecule has 2 heterocycles. The second kappa shape index (κ2) is 7.66. The molecule has 1 saturated carbocycles. The van der Waals surface area contributed by atoms with Crippen molar-refractivity contribution in [3.63, 3.8) is 0 Å². The number of carbonyl (C=O) groups excluding carboxylic acids is 3. The molecule has 150 valence electrons. The SMILES string of the molecule is CC1(C(=O)c2ccc(C3CC3)cc2)OC(=O)CCC(=O)OC1N1CCCCC1. The Morgan fingerprint density at radius 2 is 1.64 bits per heavy atom. The molecule has 1 aromatic carbocycles. The van der Waals surface area contributed by atoms with Crippen LogP contribution in [-0.4, -0.2) is 47.5 Å². The molecule has 4 rings (SSSR count). The first-order chi connectivity index (χ1) is 13.5. The van der Waals surface area contributed by atoms with Crippen molar-refractivity contribution in [1.29, 1.82) is 0 Å². The van der Waals surface area contributed by atoms with Crippen LogP contribution in [0.15, 0.2) is 24.3 Å². The summed E-state index contributed by atoms with van der Waals surface area (Å²) in [5.74, 6) is -0.728. The van der Waals surface area contributed by atoms with Crippen molar-refractivity contribution in [3.8, 4) is 0 Å². The number of esters is 2. The van der Waals surface area contributed by atoms with Gasteiger partial charge in [0, 0.05) is 18.7 Å². The molecule has 2 saturated heterocycles. The van der Waals surface area contributed by atoms with Gasteiger partial charge in [-0.25, -0.2) is 0 Å². The van der Waals surface area contributed by atoms with Crippen LogP contribution in [0.4, 0.5) is 0 Å².